The van der Waals surface area contributed by atoms with Gasteiger partial charge in [0.2, 0.25) is 0 Å². The van der Waals surface area contributed by atoms with Gasteiger partial charge in [0.15, 0.2) is 16.0 Å². The number of hydrogen-bond donors (Lipinski definition) is 0. The van der Waals surface area contributed by atoms with E-state index in [2.05, 4.69) is 15.1 Å². The molecule has 8 heteroatoms. The quantitative estimate of drug-likeness (QED) is 0.479. The van der Waals surface area contributed by atoms with E-state index in [1.165, 1.54) is 11.8 Å². The van der Waals surface area contributed by atoms with Crippen molar-refractivity contribution in [2.24, 2.45) is 13.0 Å². The Morgan fingerprint density at radius 3 is 2.97 bits per heavy atom. The lowest BCUT2D eigenvalue weighted by molar-refractivity contribution is 0.0800. The number of furan rings is 1. The second-order valence-electron chi connectivity index (χ2n) is 8.18. The number of likely N-dealkylation sites (tertiary alicyclic amines) is 1. The Morgan fingerprint density at radius 1 is 1.32 bits per heavy atom. The first-order valence-corrected chi connectivity index (χ1v) is 11.4. The molecule has 0 N–H and O–H groups in total. The van der Waals surface area contributed by atoms with Crippen molar-refractivity contribution >= 4 is 17.5 Å². The standard InChI is InChI=1S/C23H28N4O3S/c1-16(2)29-19-8-4-6-17(12-19)22(28)18-7-5-11-27(13-18)14-20-9-10-21(30-20)31-23-25-24-15-26(23)3/h4,6,8-10,12,15-16,18H,5,7,11,13-14H2,1-3H3/t18-/m1/s1. The molecule has 31 heavy (non-hydrogen) atoms. The van der Waals surface area contributed by atoms with Gasteiger partial charge in [-0.3, -0.25) is 9.69 Å². The minimum atomic E-state index is -0.00880. The highest BCUT2D eigenvalue weighted by molar-refractivity contribution is 7.99. The molecule has 164 valence electrons. The molecular weight excluding hydrogens is 412 g/mol. The number of nitrogens with zero attached hydrogens (tertiary/aromatic N) is 4. The van der Waals surface area contributed by atoms with Crippen molar-refractivity contribution < 1.29 is 13.9 Å². The molecule has 2 aromatic heterocycles. The Bertz CT molecular complexity index is 1030. The lowest BCUT2D eigenvalue weighted by atomic mass is 9.90. The summed E-state index contributed by atoms with van der Waals surface area (Å²) in [4.78, 5) is 15.4. The van der Waals surface area contributed by atoms with Gasteiger partial charge in [0.1, 0.15) is 17.8 Å². The number of rotatable bonds is 8. The zero-order valence-corrected chi connectivity index (χ0v) is 19.0. The number of aromatic nitrogens is 3. The van der Waals surface area contributed by atoms with E-state index in [9.17, 15) is 4.79 Å². The Morgan fingerprint density at radius 2 is 2.19 bits per heavy atom. The third kappa shape index (κ3) is 5.57. The monoisotopic (exact) mass is 440 g/mol. The van der Waals surface area contributed by atoms with Crippen LogP contribution in [-0.4, -0.2) is 44.6 Å². The van der Waals surface area contributed by atoms with Gasteiger partial charge < -0.3 is 13.7 Å². The molecular formula is C23H28N4O3S. The van der Waals surface area contributed by atoms with Gasteiger partial charge in [0.05, 0.1) is 12.6 Å². The highest BCUT2D eigenvalue weighted by Gasteiger charge is 2.27. The van der Waals surface area contributed by atoms with E-state index in [0.29, 0.717) is 6.54 Å². The molecule has 7 nitrogen and oxygen atoms in total. The fourth-order valence-corrected chi connectivity index (χ4v) is 4.56. The molecule has 1 aliphatic rings. The molecule has 4 rings (SSSR count). The Balaban J connectivity index is 1.37. The van der Waals surface area contributed by atoms with Gasteiger partial charge >= 0.3 is 0 Å². The van der Waals surface area contributed by atoms with Gasteiger partial charge in [-0.15, -0.1) is 10.2 Å². The molecule has 0 bridgehead atoms. The molecule has 0 radical (unpaired) electrons. The molecule has 0 unspecified atom stereocenters. The van der Waals surface area contributed by atoms with Crippen LogP contribution in [0.1, 0.15) is 42.8 Å². The van der Waals surface area contributed by atoms with E-state index in [0.717, 1.165) is 53.3 Å². The van der Waals surface area contributed by atoms with Crippen molar-refractivity contribution in [3.8, 4) is 5.75 Å². The summed E-state index contributed by atoms with van der Waals surface area (Å²) < 4.78 is 13.6. The van der Waals surface area contributed by atoms with E-state index in [-0.39, 0.29) is 17.8 Å². The molecule has 0 saturated carbocycles. The van der Waals surface area contributed by atoms with Crippen molar-refractivity contribution in [3.63, 3.8) is 0 Å². The highest BCUT2D eigenvalue weighted by Crippen LogP contribution is 2.29. The number of carbonyl (C=O) groups is 1. The average Bonchev–Trinajstić information content (AvgIpc) is 3.36. The minimum absolute atomic E-state index is 0.00880. The molecule has 0 spiro atoms. The zero-order valence-electron chi connectivity index (χ0n) is 18.2. The Hall–Kier alpha value is -2.58. The fraction of sp³-hybridized carbons (Fsp3) is 0.435. The summed E-state index contributed by atoms with van der Waals surface area (Å²) in [5.41, 5.74) is 0.727. The van der Waals surface area contributed by atoms with E-state index < -0.39 is 0 Å². The van der Waals surface area contributed by atoms with E-state index in [1.807, 2.05) is 61.9 Å². The van der Waals surface area contributed by atoms with Crippen LogP contribution >= 0.6 is 11.8 Å². The number of benzene rings is 1. The predicted octanol–water partition coefficient (Wildman–Crippen LogP) is 4.44. The third-order valence-electron chi connectivity index (χ3n) is 5.24. The van der Waals surface area contributed by atoms with Crippen molar-refractivity contribution in [1.29, 1.82) is 0 Å². The van der Waals surface area contributed by atoms with Crippen LogP contribution in [-0.2, 0) is 13.6 Å². The van der Waals surface area contributed by atoms with Crippen molar-refractivity contribution in [2.75, 3.05) is 13.1 Å². The fourth-order valence-electron chi connectivity index (χ4n) is 3.82. The third-order valence-corrected chi connectivity index (χ3v) is 6.22. The first-order valence-electron chi connectivity index (χ1n) is 10.6. The van der Waals surface area contributed by atoms with Gasteiger partial charge in [-0.2, -0.15) is 0 Å². The summed E-state index contributed by atoms with van der Waals surface area (Å²) in [7, 11) is 1.90. The molecule has 3 aromatic rings. The molecule has 1 aromatic carbocycles. The summed E-state index contributed by atoms with van der Waals surface area (Å²) in [6.45, 7) is 6.37. The van der Waals surface area contributed by atoms with Crippen LogP contribution in [0, 0.1) is 5.92 Å². The van der Waals surface area contributed by atoms with Crippen molar-refractivity contribution in [2.45, 2.75) is 49.6 Å². The first-order chi connectivity index (χ1) is 15.0. The molecule has 1 fully saturated rings. The minimum Gasteiger partial charge on any atom is -0.491 e. The first kappa shape index (κ1) is 21.6. The maximum atomic E-state index is 13.1. The van der Waals surface area contributed by atoms with Gasteiger partial charge in [0.25, 0.3) is 0 Å². The van der Waals surface area contributed by atoms with Crippen LogP contribution in [0.5, 0.6) is 5.75 Å². The van der Waals surface area contributed by atoms with Gasteiger partial charge in [-0.1, -0.05) is 12.1 Å². The summed E-state index contributed by atoms with van der Waals surface area (Å²) in [5.74, 6) is 1.82. The highest BCUT2D eigenvalue weighted by atomic mass is 32.2. The number of hydrogen-bond acceptors (Lipinski definition) is 7. The van der Waals surface area contributed by atoms with E-state index >= 15 is 0 Å². The molecule has 1 atom stereocenters. The van der Waals surface area contributed by atoms with Crippen molar-refractivity contribution in [1.82, 2.24) is 19.7 Å². The smallest absolute Gasteiger partial charge is 0.198 e. The average molecular weight is 441 g/mol. The zero-order chi connectivity index (χ0) is 21.8. The summed E-state index contributed by atoms with van der Waals surface area (Å²) in [6.07, 6.45) is 3.66. The van der Waals surface area contributed by atoms with Crippen molar-refractivity contribution in [3.05, 3.63) is 54.0 Å². The van der Waals surface area contributed by atoms with Gasteiger partial charge in [-0.05, 0) is 69.3 Å². The Kier molecular flexibility index (Phi) is 6.77. The maximum absolute atomic E-state index is 13.1. The Labute approximate surface area is 186 Å². The summed E-state index contributed by atoms with van der Waals surface area (Å²) in [5, 5.41) is 9.54. The van der Waals surface area contributed by atoms with Crippen LogP contribution in [0.25, 0.3) is 0 Å². The maximum Gasteiger partial charge on any atom is 0.198 e. The largest absolute Gasteiger partial charge is 0.491 e. The lowest BCUT2D eigenvalue weighted by Crippen LogP contribution is -2.38. The molecule has 0 amide bonds. The van der Waals surface area contributed by atoms with Crippen LogP contribution < -0.4 is 4.74 Å². The number of aryl methyl sites for hydroxylation is 1. The summed E-state index contributed by atoms with van der Waals surface area (Å²) in [6, 6.07) is 11.5. The number of Topliss-reactive ketones (excluding diaryl/α,β-unsaturated/α-hetero) is 1. The number of ketones is 1. The SMILES string of the molecule is CC(C)Oc1cccc(C(=O)[C@@H]2CCCN(Cc3ccc(Sc4nncn4C)o3)C2)c1. The second-order valence-corrected chi connectivity index (χ2v) is 9.15. The normalized spacial score (nSPS) is 17.2. The molecule has 0 aliphatic carbocycles. The predicted molar refractivity (Wildman–Crippen MR) is 118 cm³/mol. The van der Waals surface area contributed by atoms with Gasteiger partial charge in [0, 0.05) is 25.1 Å². The second kappa shape index (κ2) is 9.70. The van der Waals surface area contributed by atoms with Crippen LogP contribution in [0.3, 0.4) is 0 Å². The van der Waals surface area contributed by atoms with Crippen LogP contribution in [0.2, 0.25) is 0 Å². The molecule has 1 aliphatic heterocycles. The topological polar surface area (TPSA) is 73.4 Å². The lowest BCUT2D eigenvalue weighted by Gasteiger charge is -2.31. The van der Waals surface area contributed by atoms with Crippen LogP contribution in [0.4, 0.5) is 0 Å². The van der Waals surface area contributed by atoms with Crippen LogP contribution in [0.15, 0.2) is 57.4 Å². The van der Waals surface area contributed by atoms with E-state index in [1.54, 1.807) is 6.33 Å². The van der Waals surface area contributed by atoms with Gasteiger partial charge in [-0.25, -0.2) is 0 Å². The molecule has 1 saturated heterocycles. The summed E-state index contributed by atoms with van der Waals surface area (Å²) >= 11 is 1.45. The number of carbonyl (C=O) groups excluding carboxylic acids is 1. The number of piperidine rings is 1. The number of ether oxygens (including phenoxy) is 1. The molecule has 3 heterocycles. The van der Waals surface area contributed by atoms with E-state index in [4.69, 9.17) is 9.15 Å².